The number of unbranched alkanes of at least 4 members (excludes halogenated alkanes) is 2. The number of pyridine rings is 1. The molecule has 4 aliphatic heterocycles. The third-order valence-corrected chi connectivity index (χ3v) is 21.0. The van der Waals surface area contributed by atoms with Crippen LogP contribution in [0.2, 0.25) is 0 Å². The molecule has 3 N–H and O–H groups in total. The smallest absolute Gasteiger partial charge is 0.285 e. The number of ether oxygens (including phenoxy) is 3. The van der Waals surface area contributed by atoms with Crippen molar-refractivity contribution in [2.75, 3.05) is 40.1 Å². The zero-order valence-electron chi connectivity index (χ0n) is 49.3. The number of methoxy groups -OCH3 is 1. The van der Waals surface area contributed by atoms with Crippen molar-refractivity contribution in [2.45, 2.75) is 71.0 Å². The summed E-state index contributed by atoms with van der Waals surface area (Å²) >= 11 is 0. The molecule has 0 atom stereocenters. The van der Waals surface area contributed by atoms with E-state index < -0.39 is 47.8 Å². The van der Waals surface area contributed by atoms with Gasteiger partial charge in [0.2, 0.25) is 6.79 Å². The highest BCUT2D eigenvalue weighted by Crippen LogP contribution is 2.39. The van der Waals surface area contributed by atoms with Gasteiger partial charge in [-0.2, -0.15) is 0 Å². The first kappa shape index (κ1) is 62.9. The average Bonchev–Trinajstić information content (AvgIpc) is 1.63. The second-order valence-electron chi connectivity index (χ2n) is 21.4. The number of sulfonamides is 3. The Bertz CT molecular complexity index is 4110. The van der Waals surface area contributed by atoms with E-state index in [4.69, 9.17) is 14.2 Å². The van der Waals surface area contributed by atoms with Crippen LogP contribution in [0.25, 0.3) is 14.7 Å². The Morgan fingerprint density at radius 1 is 0.517 bits per heavy atom. The van der Waals surface area contributed by atoms with Gasteiger partial charge >= 0.3 is 0 Å². The lowest BCUT2D eigenvalue weighted by Crippen LogP contribution is -2.38. The Kier molecular flexibility index (Phi) is 20.1. The highest BCUT2D eigenvalue weighted by atomic mass is 32.2. The molecule has 22 heteroatoms. The fraction of sp³-hybridized carbons (Fsp3) is 0.254. The van der Waals surface area contributed by atoms with E-state index in [1.807, 2.05) is 67.6 Å². The fourth-order valence-corrected chi connectivity index (χ4v) is 16.1. The van der Waals surface area contributed by atoms with Crippen LogP contribution in [0, 0.1) is 0 Å². The Balaban J connectivity index is 0.000000147. The Hall–Kier alpha value is -9.09. The van der Waals surface area contributed by atoms with Gasteiger partial charge in [-0.25, -0.2) is 38.2 Å². The number of carbonyl (C=O) groups is 3. The van der Waals surface area contributed by atoms with Crippen molar-refractivity contribution < 1.29 is 53.8 Å². The summed E-state index contributed by atoms with van der Waals surface area (Å²) in [7, 11) is -10.4. The number of hydrogen-bond donors (Lipinski definition) is 3. The van der Waals surface area contributed by atoms with Gasteiger partial charge in [0.1, 0.15) is 31.8 Å². The maximum Gasteiger partial charge on any atom is 0.285 e. The van der Waals surface area contributed by atoms with Crippen LogP contribution in [0.4, 0.5) is 0 Å². The molecule has 462 valence electrons. The quantitative estimate of drug-likeness (QED) is 0.0539. The van der Waals surface area contributed by atoms with Crippen LogP contribution in [0.15, 0.2) is 205 Å². The van der Waals surface area contributed by atoms with Crippen LogP contribution in [-0.4, -0.2) is 107 Å². The molecule has 6 aromatic carbocycles. The van der Waals surface area contributed by atoms with E-state index in [1.165, 1.54) is 23.8 Å². The van der Waals surface area contributed by atoms with E-state index in [2.05, 4.69) is 45.2 Å². The van der Waals surface area contributed by atoms with Gasteiger partial charge in [0, 0.05) is 45.2 Å². The molecule has 5 heterocycles. The minimum Gasteiger partial charge on any atom is -0.454 e. The summed E-state index contributed by atoms with van der Waals surface area (Å²) in [4.78, 5) is 43.3. The first-order chi connectivity index (χ1) is 43.1. The molecule has 1 aromatic heterocycles. The zero-order valence-corrected chi connectivity index (χ0v) is 51.7. The maximum atomic E-state index is 13.4. The van der Waals surface area contributed by atoms with Crippen molar-refractivity contribution in [2.24, 2.45) is 0 Å². The summed E-state index contributed by atoms with van der Waals surface area (Å²) in [5.41, 5.74) is 7.18. The van der Waals surface area contributed by atoms with Crippen molar-refractivity contribution in [1.29, 1.82) is 0 Å². The highest BCUT2D eigenvalue weighted by Gasteiger charge is 2.47. The van der Waals surface area contributed by atoms with Gasteiger partial charge < -0.3 is 30.2 Å². The van der Waals surface area contributed by atoms with Crippen LogP contribution in [-0.2, 0) is 81.5 Å². The number of fused-ring (bicyclic) bond motifs is 2. The highest BCUT2D eigenvalue weighted by molar-refractivity contribution is 8.00. The summed E-state index contributed by atoms with van der Waals surface area (Å²) in [6, 6.07) is 53.5. The molecule has 3 amide bonds. The van der Waals surface area contributed by atoms with Gasteiger partial charge in [-0.05, 0) is 107 Å². The summed E-state index contributed by atoms with van der Waals surface area (Å²) in [5, 5.41) is 9.45. The molecule has 5 aliphatic rings. The SMILES string of the molecule is CCCCN1C(=O)C(NCc2ccc3c(c2)OCO3)=C(c2ccccc2)S1(=O)=O.COCCN1C(=O)C(NC2Cc3ccccc3C2)=C(c2ccccc2)S1(=O)=O.O=C1C(NCCCCc2ccccc2)=C(c2ccccc2)S(=O)(=O)N1Cc1ccncc1. The molecule has 0 unspecified atom stereocenters. The van der Waals surface area contributed by atoms with Crippen LogP contribution in [0.3, 0.4) is 0 Å². The van der Waals surface area contributed by atoms with Crippen LogP contribution >= 0.6 is 0 Å². The van der Waals surface area contributed by atoms with Crippen molar-refractivity contribution in [1.82, 2.24) is 33.8 Å². The first-order valence-electron chi connectivity index (χ1n) is 29.3. The second kappa shape index (κ2) is 28.4. The van der Waals surface area contributed by atoms with Gasteiger partial charge in [0.25, 0.3) is 47.8 Å². The number of benzene rings is 6. The van der Waals surface area contributed by atoms with E-state index in [-0.39, 0.29) is 77.4 Å². The molecule has 7 aromatic rings. The second-order valence-corrected chi connectivity index (χ2v) is 26.8. The summed E-state index contributed by atoms with van der Waals surface area (Å²) in [6.07, 6.45) is 8.78. The molecule has 19 nitrogen and oxygen atoms in total. The Morgan fingerprint density at radius 2 is 1.01 bits per heavy atom. The average molecular weight is 1260 g/mol. The molecule has 0 saturated carbocycles. The molecule has 12 rings (SSSR count). The third-order valence-electron chi connectivity index (χ3n) is 15.4. The molecule has 0 radical (unpaired) electrons. The lowest BCUT2D eigenvalue weighted by atomic mass is 10.1. The number of aryl methyl sites for hydroxylation is 1. The van der Waals surface area contributed by atoms with Gasteiger partial charge in [-0.15, -0.1) is 0 Å². The number of nitrogens with zero attached hydrogens (tertiary/aromatic N) is 4. The largest absolute Gasteiger partial charge is 0.454 e. The standard InChI is InChI=1S/C25H25N3O3S.C21H22N2O5S.C21H22N2O4S/c29-25-23(27-16-8-7-11-20-9-3-1-4-10-20)24(22-12-5-2-6-13-22)32(30,31)28(25)19-21-14-17-26-18-15-21;1-2-3-11-23-21(24)19(20(29(23,25)26)16-7-5-4-6-8-16)22-13-15-9-10-17-18(12-15)28-14-27-17;1-27-12-11-23-21(24)19(20(28(23,25)26)15-7-3-2-4-8-15)22-18-13-16-9-5-6-10-17(16)14-18/h1-6,9-10,12-15,17-18,27H,7-8,11,16,19H2;4-10,12,22H,2-3,11,13-14H2,1H3;2-10,18,22H,11-14H2,1H3. The van der Waals surface area contributed by atoms with Crippen LogP contribution < -0.4 is 25.4 Å². The predicted molar refractivity (Wildman–Crippen MR) is 339 cm³/mol. The number of carbonyl (C=O) groups excluding carboxylic acids is 3. The molecule has 0 bridgehead atoms. The van der Waals surface area contributed by atoms with Crippen molar-refractivity contribution in [3.05, 3.63) is 250 Å². The van der Waals surface area contributed by atoms with E-state index in [1.54, 1.807) is 103 Å². The van der Waals surface area contributed by atoms with Crippen molar-refractivity contribution >= 4 is 62.5 Å². The van der Waals surface area contributed by atoms with Gasteiger partial charge in [0.15, 0.2) is 11.5 Å². The summed E-state index contributed by atoms with van der Waals surface area (Å²) in [5.74, 6) is -0.256. The van der Waals surface area contributed by atoms with Gasteiger partial charge in [-0.1, -0.05) is 165 Å². The topological polar surface area (TPSA) is 240 Å². The maximum absolute atomic E-state index is 13.4. The van der Waals surface area contributed by atoms with Crippen molar-refractivity contribution in [3.8, 4) is 11.5 Å². The lowest BCUT2D eigenvalue weighted by molar-refractivity contribution is -0.123. The Labute approximate surface area is 519 Å². The number of nitrogens with one attached hydrogen (secondary N) is 3. The molecule has 1 aliphatic carbocycles. The number of amides is 3. The van der Waals surface area contributed by atoms with Crippen LogP contribution in [0.5, 0.6) is 11.5 Å². The first-order valence-corrected chi connectivity index (χ1v) is 33.7. The van der Waals surface area contributed by atoms with Crippen LogP contribution in [0.1, 0.15) is 77.1 Å². The predicted octanol–water partition coefficient (Wildman–Crippen LogP) is 8.51. The molecule has 0 spiro atoms. The van der Waals surface area contributed by atoms with E-state index >= 15 is 0 Å². The number of hydrogen-bond acceptors (Lipinski definition) is 16. The molecular formula is C67H69N7O12S3. The zero-order chi connectivity index (χ0) is 62.5. The van der Waals surface area contributed by atoms with E-state index in [0.29, 0.717) is 46.7 Å². The lowest BCUT2D eigenvalue weighted by Gasteiger charge is -2.17. The summed E-state index contributed by atoms with van der Waals surface area (Å²) < 4.78 is 97.9. The minimum atomic E-state index is -3.98. The molecular weight excluding hydrogens is 1190 g/mol. The third kappa shape index (κ3) is 14.1. The Morgan fingerprint density at radius 3 is 1.58 bits per heavy atom. The van der Waals surface area contributed by atoms with Gasteiger partial charge in [0.05, 0.1) is 19.7 Å². The molecule has 89 heavy (non-hydrogen) atoms. The van der Waals surface area contributed by atoms with Gasteiger partial charge in [-0.3, -0.25) is 19.4 Å². The minimum absolute atomic E-state index is 0.00985. The fourth-order valence-electron chi connectivity index (χ4n) is 10.9. The van der Waals surface area contributed by atoms with E-state index in [9.17, 15) is 39.6 Å². The monoisotopic (exact) mass is 1260 g/mol. The number of rotatable bonds is 22. The van der Waals surface area contributed by atoms with Crippen molar-refractivity contribution in [3.63, 3.8) is 0 Å². The normalized spacial score (nSPS) is 16.9. The molecule has 0 fully saturated rings. The molecule has 0 saturated heterocycles. The summed E-state index contributed by atoms with van der Waals surface area (Å²) in [6.45, 7) is 3.21. The van der Waals surface area contributed by atoms with E-state index in [0.717, 1.165) is 57.0 Å². The number of aromatic nitrogens is 1.